The van der Waals surface area contributed by atoms with Gasteiger partial charge in [0.05, 0.1) is 45.8 Å². The van der Waals surface area contributed by atoms with Crippen LogP contribution in [0, 0.1) is 40.8 Å². The van der Waals surface area contributed by atoms with E-state index in [9.17, 15) is 28.7 Å². The highest BCUT2D eigenvalue weighted by Gasteiger charge is 2.68. The molecule has 0 bridgehead atoms. The van der Waals surface area contributed by atoms with Crippen molar-refractivity contribution < 1.29 is 33.4 Å². The number of anilines is 4. The average Bonchev–Trinajstić information content (AvgIpc) is 3.52. The van der Waals surface area contributed by atoms with Gasteiger partial charge in [0.2, 0.25) is 23.6 Å². The minimum absolute atomic E-state index is 0.0597. The lowest BCUT2D eigenvalue weighted by molar-refractivity contribution is -0.132. The van der Waals surface area contributed by atoms with Gasteiger partial charge in [0, 0.05) is 29.3 Å². The number of rotatable bonds is 5. The summed E-state index contributed by atoms with van der Waals surface area (Å²) in [5, 5.41) is 13.4. The second-order valence-corrected chi connectivity index (χ2v) is 15.0. The second kappa shape index (κ2) is 12.2. The van der Waals surface area contributed by atoms with Crippen LogP contribution in [0.5, 0.6) is 11.5 Å². The van der Waals surface area contributed by atoms with Crippen LogP contribution in [0.1, 0.15) is 25.3 Å². The first kappa shape index (κ1) is 33.1. The Kier molecular flexibility index (Phi) is 7.60. The number of hydrogen-bond acceptors (Lipinski definition) is 7. The minimum atomic E-state index is -1.32. The van der Waals surface area contributed by atoms with Crippen LogP contribution in [0.15, 0.2) is 114 Å². The van der Waals surface area contributed by atoms with Crippen LogP contribution in [-0.4, -0.2) is 28.7 Å². The van der Waals surface area contributed by atoms with Crippen LogP contribution in [0.25, 0.3) is 0 Å². The largest absolute Gasteiger partial charge is 0.508 e. The number of phenolic OH excluding ortho intramolecular Hbond substituents is 1. The Morgan fingerprint density at radius 3 is 2.34 bits per heavy atom. The lowest BCUT2D eigenvalue weighted by atomic mass is 9.51. The molecule has 2 saturated heterocycles. The van der Waals surface area contributed by atoms with Gasteiger partial charge in [-0.15, -0.1) is 0 Å². The van der Waals surface area contributed by atoms with Crippen molar-refractivity contribution in [1.82, 2.24) is 0 Å². The van der Waals surface area contributed by atoms with Gasteiger partial charge in [-0.25, -0.2) is 9.29 Å². The molecule has 53 heavy (non-hydrogen) atoms. The summed E-state index contributed by atoms with van der Waals surface area (Å²) >= 11 is 6.13. The molecule has 9 nitrogen and oxygen atoms in total. The fourth-order valence-electron chi connectivity index (χ4n) is 9.35. The number of benzene rings is 4. The van der Waals surface area contributed by atoms with Crippen LogP contribution in [0.2, 0.25) is 5.02 Å². The van der Waals surface area contributed by atoms with E-state index in [0.29, 0.717) is 29.0 Å². The molecule has 1 saturated carbocycles. The number of imide groups is 2. The number of halogens is 2. The van der Waals surface area contributed by atoms with Gasteiger partial charge in [-0.2, -0.15) is 0 Å². The molecule has 4 aromatic carbocycles. The number of amides is 4. The van der Waals surface area contributed by atoms with E-state index >= 15 is 0 Å². The van der Waals surface area contributed by atoms with Gasteiger partial charge in [0.1, 0.15) is 17.3 Å². The van der Waals surface area contributed by atoms with Crippen LogP contribution in [0.3, 0.4) is 0 Å². The molecule has 3 heterocycles. The third-order valence-corrected chi connectivity index (χ3v) is 12.1. The standard InChI is InChI=1S/C42H33ClFN3O6/c1-42-32(39(50)47(41(42)52)27-11-15-34(44)33(43)19-27)20-31-29(37(42)23-17-22-18-28(48)12-16-35(22)53-21-23)13-14-30-36(31)40(51)46(38(30)49)26-9-7-25(8-10-26)45-24-5-3-2-4-6-24/h2-13,15-16,18-19,21,30-32,36-37,45,48H,14,17,20H2,1H3/t30-,31+,32-,36-,37-,42+/m0/s1. The van der Waals surface area contributed by atoms with Crippen LogP contribution >= 0.6 is 11.6 Å². The fraction of sp³-hybridized carbons (Fsp3) is 0.238. The Bertz CT molecular complexity index is 2310. The van der Waals surface area contributed by atoms with Gasteiger partial charge >= 0.3 is 0 Å². The molecule has 4 amide bonds. The summed E-state index contributed by atoms with van der Waals surface area (Å²) in [5.41, 5.74) is 3.22. The van der Waals surface area contributed by atoms with Crippen molar-refractivity contribution in [3.8, 4) is 11.5 Å². The number of ether oxygens (including phenoxy) is 1. The highest BCUT2D eigenvalue weighted by Crippen LogP contribution is 2.63. The van der Waals surface area contributed by atoms with E-state index in [-0.39, 0.29) is 41.1 Å². The summed E-state index contributed by atoms with van der Waals surface area (Å²) in [6.07, 6.45) is 4.35. The number of nitrogens with zero attached hydrogens (tertiary/aromatic N) is 2. The van der Waals surface area contributed by atoms with Crippen LogP contribution in [0.4, 0.5) is 27.1 Å². The molecule has 266 valence electrons. The molecule has 9 rings (SSSR count). The van der Waals surface area contributed by atoms with E-state index < -0.39 is 52.6 Å². The lowest BCUT2D eigenvalue weighted by Crippen LogP contribution is -2.51. The molecule has 3 fully saturated rings. The molecule has 3 aliphatic heterocycles. The van der Waals surface area contributed by atoms with Gasteiger partial charge in [0.15, 0.2) is 0 Å². The molecular weight excluding hydrogens is 697 g/mol. The lowest BCUT2D eigenvalue weighted by Gasteiger charge is -2.49. The zero-order valence-corrected chi connectivity index (χ0v) is 29.2. The number of phenols is 1. The zero-order valence-electron chi connectivity index (χ0n) is 28.5. The molecule has 2 aliphatic carbocycles. The van der Waals surface area contributed by atoms with Gasteiger partial charge in [0.25, 0.3) is 0 Å². The molecule has 0 unspecified atom stereocenters. The smallest absolute Gasteiger partial charge is 0.241 e. The maximum atomic E-state index is 14.7. The third-order valence-electron chi connectivity index (χ3n) is 11.8. The van der Waals surface area contributed by atoms with Crippen LogP contribution < -0.4 is 19.9 Å². The van der Waals surface area contributed by atoms with E-state index in [4.69, 9.17) is 16.3 Å². The Morgan fingerprint density at radius 1 is 0.849 bits per heavy atom. The Balaban J connectivity index is 1.10. The van der Waals surface area contributed by atoms with Crippen molar-refractivity contribution in [3.63, 3.8) is 0 Å². The first-order chi connectivity index (χ1) is 25.5. The first-order valence-corrected chi connectivity index (χ1v) is 17.9. The highest BCUT2D eigenvalue weighted by atomic mass is 35.5. The van der Waals surface area contributed by atoms with Crippen molar-refractivity contribution in [2.75, 3.05) is 15.1 Å². The molecule has 2 N–H and O–H groups in total. The van der Waals surface area contributed by atoms with Crippen molar-refractivity contribution in [2.24, 2.45) is 35.0 Å². The van der Waals surface area contributed by atoms with Gasteiger partial charge in [-0.3, -0.25) is 24.1 Å². The fourth-order valence-corrected chi connectivity index (χ4v) is 9.53. The second-order valence-electron chi connectivity index (χ2n) is 14.6. The predicted molar refractivity (Wildman–Crippen MR) is 196 cm³/mol. The Labute approximate surface area is 309 Å². The summed E-state index contributed by atoms with van der Waals surface area (Å²) in [6.45, 7) is 1.77. The van der Waals surface area contributed by atoms with E-state index in [1.54, 1.807) is 37.5 Å². The number of allylic oxidation sites excluding steroid dienone is 3. The molecule has 0 spiro atoms. The minimum Gasteiger partial charge on any atom is -0.508 e. The molecule has 6 atom stereocenters. The van der Waals surface area contributed by atoms with E-state index in [1.165, 1.54) is 23.1 Å². The van der Waals surface area contributed by atoms with E-state index in [1.807, 2.05) is 48.5 Å². The summed E-state index contributed by atoms with van der Waals surface area (Å²) in [7, 11) is 0. The zero-order chi connectivity index (χ0) is 36.8. The molecule has 0 radical (unpaired) electrons. The summed E-state index contributed by atoms with van der Waals surface area (Å²) in [6, 6.07) is 25.3. The summed E-state index contributed by atoms with van der Waals surface area (Å²) in [4.78, 5) is 60.2. The Hall–Kier alpha value is -5.74. The molecule has 11 heteroatoms. The quantitative estimate of drug-likeness (QED) is 0.160. The van der Waals surface area contributed by atoms with Crippen molar-refractivity contribution >= 4 is 58.0 Å². The SMILES string of the molecule is C[C@@]12C(=O)N(c3ccc(F)c(Cl)c3)C(=O)[C@@H]1C[C@@H]1C(=CC[C@@H]3C(=O)N(c4ccc(Nc5ccccc5)cc4)C(=O)[C@@H]31)[C@@H]2C1=COc2ccc(O)cc2C1. The maximum Gasteiger partial charge on any atom is 0.241 e. The summed E-state index contributed by atoms with van der Waals surface area (Å²) < 4.78 is 20.3. The maximum absolute atomic E-state index is 14.7. The molecular formula is C42H33ClFN3O6. The number of nitrogens with one attached hydrogen (secondary N) is 1. The van der Waals surface area contributed by atoms with Gasteiger partial charge in [-0.05, 0) is 104 Å². The highest BCUT2D eigenvalue weighted by molar-refractivity contribution is 6.32. The third kappa shape index (κ3) is 5.03. The number of carbonyl (C=O) groups excluding carboxylic acids is 4. The normalized spacial score (nSPS) is 27.3. The number of aromatic hydroxyl groups is 1. The first-order valence-electron chi connectivity index (χ1n) is 17.6. The Morgan fingerprint density at radius 2 is 1.58 bits per heavy atom. The number of para-hydroxylation sites is 1. The van der Waals surface area contributed by atoms with Crippen molar-refractivity contribution in [2.45, 2.75) is 26.2 Å². The topological polar surface area (TPSA) is 116 Å². The number of hydrogen-bond donors (Lipinski definition) is 2. The van der Waals surface area contributed by atoms with Crippen LogP contribution in [-0.2, 0) is 25.6 Å². The molecule has 5 aliphatic rings. The summed E-state index contributed by atoms with van der Waals surface area (Å²) in [5.74, 6) is -5.13. The molecule has 0 aromatic heterocycles. The van der Waals surface area contributed by atoms with E-state index in [0.717, 1.165) is 27.9 Å². The van der Waals surface area contributed by atoms with Crippen molar-refractivity contribution in [1.29, 1.82) is 0 Å². The monoisotopic (exact) mass is 729 g/mol. The predicted octanol–water partition coefficient (Wildman–Crippen LogP) is 7.72. The van der Waals surface area contributed by atoms with Gasteiger partial charge in [-0.1, -0.05) is 41.4 Å². The number of fused-ring (bicyclic) bond motifs is 5. The molecule has 4 aromatic rings. The van der Waals surface area contributed by atoms with Gasteiger partial charge < -0.3 is 15.2 Å². The average molecular weight is 730 g/mol. The van der Waals surface area contributed by atoms with Crippen molar-refractivity contribution in [3.05, 3.63) is 131 Å². The van der Waals surface area contributed by atoms with E-state index in [2.05, 4.69) is 5.32 Å². The number of carbonyl (C=O) groups is 4.